The van der Waals surface area contributed by atoms with Gasteiger partial charge in [0.05, 0.1) is 12.0 Å². The Hall–Kier alpha value is -0.530. The van der Waals surface area contributed by atoms with E-state index in [2.05, 4.69) is 27.7 Å². The molecule has 0 aromatic carbocycles. The van der Waals surface area contributed by atoms with Crippen LogP contribution in [-0.2, 0) is 9.53 Å². The molecule has 0 aliphatic rings. The summed E-state index contributed by atoms with van der Waals surface area (Å²) in [7, 11) is 0. The lowest BCUT2D eigenvalue weighted by Gasteiger charge is -2.32. The maximum absolute atomic E-state index is 11.9. The molecule has 0 saturated carbocycles. The summed E-state index contributed by atoms with van der Waals surface area (Å²) in [6.45, 7) is 15.3. The SMILES string of the molecule is CCCC(C)(C)[C@H](C)COC(=O)C(C)(C)CC. The van der Waals surface area contributed by atoms with Gasteiger partial charge in [0, 0.05) is 0 Å². The summed E-state index contributed by atoms with van der Waals surface area (Å²) in [6, 6.07) is 0. The molecule has 0 aliphatic heterocycles. The van der Waals surface area contributed by atoms with E-state index in [0.717, 1.165) is 6.42 Å². The van der Waals surface area contributed by atoms with Gasteiger partial charge in [0.25, 0.3) is 0 Å². The summed E-state index contributed by atoms with van der Waals surface area (Å²) in [4.78, 5) is 11.9. The van der Waals surface area contributed by atoms with Crippen LogP contribution in [0.25, 0.3) is 0 Å². The van der Waals surface area contributed by atoms with Crippen molar-refractivity contribution in [3.63, 3.8) is 0 Å². The Balaban J connectivity index is 4.25. The van der Waals surface area contributed by atoms with Gasteiger partial charge in [0.2, 0.25) is 0 Å². The average molecular weight is 242 g/mol. The number of hydrogen-bond acceptors (Lipinski definition) is 2. The van der Waals surface area contributed by atoms with Gasteiger partial charge in [-0.1, -0.05) is 41.0 Å². The fraction of sp³-hybridized carbons (Fsp3) is 0.933. The van der Waals surface area contributed by atoms with Crippen molar-refractivity contribution in [2.75, 3.05) is 6.61 Å². The highest BCUT2D eigenvalue weighted by Crippen LogP contribution is 2.32. The van der Waals surface area contributed by atoms with Crippen molar-refractivity contribution < 1.29 is 9.53 Å². The lowest BCUT2D eigenvalue weighted by atomic mass is 9.77. The van der Waals surface area contributed by atoms with Gasteiger partial charge in [-0.15, -0.1) is 0 Å². The van der Waals surface area contributed by atoms with Crippen LogP contribution in [0.5, 0.6) is 0 Å². The molecule has 0 aromatic heterocycles. The summed E-state index contributed by atoms with van der Waals surface area (Å²) in [5.41, 5.74) is -0.111. The van der Waals surface area contributed by atoms with Crippen LogP contribution in [0.15, 0.2) is 0 Å². The molecule has 0 saturated heterocycles. The van der Waals surface area contributed by atoms with E-state index in [1.165, 1.54) is 12.8 Å². The van der Waals surface area contributed by atoms with Crippen LogP contribution < -0.4 is 0 Å². The zero-order chi connectivity index (χ0) is 13.7. The predicted octanol–water partition coefficient (Wildman–Crippen LogP) is 4.43. The van der Waals surface area contributed by atoms with Crippen molar-refractivity contribution in [1.82, 2.24) is 0 Å². The van der Waals surface area contributed by atoms with E-state index in [0.29, 0.717) is 12.5 Å². The third kappa shape index (κ3) is 5.10. The van der Waals surface area contributed by atoms with E-state index >= 15 is 0 Å². The molecule has 0 bridgehead atoms. The van der Waals surface area contributed by atoms with Crippen LogP contribution in [0, 0.1) is 16.7 Å². The molecule has 0 rings (SSSR count). The minimum Gasteiger partial charge on any atom is -0.465 e. The predicted molar refractivity (Wildman–Crippen MR) is 72.9 cm³/mol. The second-order valence-electron chi connectivity index (χ2n) is 6.48. The number of rotatable bonds is 7. The number of hydrogen-bond donors (Lipinski definition) is 0. The van der Waals surface area contributed by atoms with Crippen molar-refractivity contribution in [2.24, 2.45) is 16.7 Å². The van der Waals surface area contributed by atoms with Crippen molar-refractivity contribution in [3.8, 4) is 0 Å². The van der Waals surface area contributed by atoms with E-state index < -0.39 is 0 Å². The fourth-order valence-corrected chi connectivity index (χ4v) is 1.66. The molecule has 0 N–H and O–H groups in total. The molecular weight excluding hydrogens is 212 g/mol. The van der Waals surface area contributed by atoms with Crippen LogP contribution in [0.4, 0.5) is 0 Å². The number of ether oxygens (including phenoxy) is 1. The molecule has 0 aliphatic carbocycles. The lowest BCUT2D eigenvalue weighted by molar-refractivity contribution is -0.156. The van der Waals surface area contributed by atoms with Crippen molar-refractivity contribution in [3.05, 3.63) is 0 Å². The first-order valence-electron chi connectivity index (χ1n) is 6.84. The fourth-order valence-electron chi connectivity index (χ4n) is 1.66. The zero-order valence-electron chi connectivity index (χ0n) is 12.7. The van der Waals surface area contributed by atoms with Gasteiger partial charge >= 0.3 is 5.97 Å². The molecule has 0 fully saturated rings. The first kappa shape index (κ1) is 16.5. The van der Waals surface area contributed by atoms with Crippen LogP contribution >= 0.6 is 0 Å². The highest BCUT2D eigenvalue weighted by molar-refractivity contribution is 5.75. The average Bonchev–Trinajstić information content (AvgIpc) is 2.24. The Morgan fingerprint density at radius 3 is 2.12 bits per heavy atom. The molecule has 0 spiro atoms. The minimum atomic E-state index is -0.353. The molecule has 0 radical (unpaired) electrons. The molecule has 0 heterocycles. The molecule has 17 heavy (non-hydrogen) atoms. The van der Waals surface area contributed by atoms with Crippen LogP contribution in [0.1, 0.15) is 67.7 Å². The quantitative estimate of drug-likeness (QED) is 0.617. The first-order chi connectivity index (χ1) is 7.67. The highest BCUT2D eigenvalue weighted by atomic mass is 16.5. The summed E-state index contributed by atoms with van der Waals surface area (Å²) < 4.78 is 5.45. The standard InChI is InChI=1S/C15H30O2/c1-8-10-15(6,7)12(3)11-17-13(16)14(4,5)9-2/h12H,8-11H2,1-7H3/t12-/m1/s1. The normalized spacial score (nSPS) is 14.5. The van der Waals surface area contributed by atoms with Crippen LogP contribution in [0.3, 0.4) is 0 Å². The van der Waals surface area contributed by atoms with Crippen molar-refractivity contribution in [1.29, 1.82) is 0 Å². The topological polar surface area (TPSA) is 26.3 Å². The zero-order valence-corrected chi connectivity index (χ0v) is 12.7. The maximum atomic E-state index is 11.9. The molecular formula is C15H30O2. The molecule has 2 heteroatoms. The van der Waals surface area contributed by atoms with Crippen molar-refractivity contribution >= 4 is 5.97 Å². The molecule has 2 nitrogen and oxygen atoms in total. The van der Waals surface area contributed by atoms with E-state index in [1.54, 1.807) is 0 Å². The monoisotopic (exact) mass is 242 g/mol. The second-order valence-corrected chi connectivity index (χ2v) is 6.48. The lowest BCUT2D eigenvalue weighted by Crippen LogP contribution is -2.31. The summed E-state index contributed by atoms with van der Waals surface area (Å²) in [6.07, 6.45) is 3.16. The number of carbonyl (C=O) groups is 1. The summed E-state index contributed by atoms with van der Waals surface area (Å²) in [5, 5.41) is 0. The van der Waals surface area contributed by atoms with Crippen molar-refractivity contribution in [2.45, 2.75) is 67.7 Å². The highest BCUT2D eigenvalue weighted by Gasteiger charge is 2.30. The third-order valence-corrected chi connectivity index (χ3v) is 4.13. The molecule has 102 valence electrons. The van der Waals surface area contributed by atoms with Crippen LogP contribution in [-0.4, -0.2) is 12.6 Å². The Kier molecular flexibility index (Phi) is 6.22. The van der Waals surface area contributed by atoms with Gasteiger partial charge in [0.1, 0.15) is 0 Å². The van der Waals surface area contributed by atoms with E-state index in [4.69, 9.17) is 4.74 Å². The summed E-state index contributed by atoms with van der Waals surface area (Å²) >= 11 is 0. The van der Waals surface area contributed by atoms with Gasteiger partial charge in [-0.25, -0.2) is 0 Å². The molecule has 0 unspecified atom stereocenters. The Morgan fingerprint density at radius 1 is 1.18 bits per heavy atom. The maximum Gasteiger partial charge on any atom is 0.311 e. The number of carbonyl (C=O) groups excluding carboxylic acids is 1. The van der Waals surface area contributed by atoms with Gasteiger partial charge in [-0.3, -0.25) is 4.79 Å². The Bertz CT molecular complexity index is 241. The van der Waals surface area contributed by atoms with Gasteiger partial charge < -0.3 is 4.74 Å². The van der Waals surface area contributed by atoms with E-state index in [1.807, 2.05) is 20.8 Å². The largest absolute Gasteiger partial charge is 0.465 e. The van der Waals surface area contributed by atoms with Gasteiger partial charge in [-0.2, -0.15) is 0 Å². The third-order valence-electron chi connectivity index (χ3n) is 4.13. The summed E-state index contributed by atoms with van der Waals surface area (Å²) in [5.74, 6) is 0.332. The number of esters is 1. The first-order valence-corrected chi connectivity index (χ1v) is 6.84. The molecule has 1 atom stereocenters. The molecule has 0 aromatic rings. The Labute approximate surface area is 107 Å². The van der Waals surface area contributed by atoms with E-state index in [-0.39, 0.29) is 16.8 Å². The van der Waals surface area contributed by atoms with Gasteiger partial charge in [0.15, 0.2) is 0 Å². The molecule has 0 amide bonds. The smallest absolute Gasteiger partial charge is 0.311 e. The second kappa shape index (κ2) is 6.42. The van der Waals surface area contributed by atoms with E-state index in [9.17, 15) is 4.79 Å². The Morgan fingerprint density at radius 2 is 1.71 bits per heavy atom. The van der Waals surface area contributed by atoms with Gasteiger partial charge in [-0.05, 0) is 38.0 Å². The van der Waals surface area contributed by atoms with Crippen LogP contribution in [0.2, 0.25) is 0 Å². The minimum absolute atomic E-state index is 0.0702.